The fourth-order valence-electron chi connectivity index (χ4n) is 1.45. The molecule has 0 bridgehead atoms. The summed E-state index contributed by atoms with van der Waals surface area (Å²) in [4.78, 5) is 11.1. The number of nitrogens with two attached hydrogens (primary N) is 1. The first-order valence-corrected chi connectivity index (χ1v) is 4.73. The predicted octanol–water partition coefficient (Wildman–Crippen LogP) is 2.30. The Bertz CT molecular complexity index is 314. The second-order valence-electron chi connectivity index (χ2n) is 3.33. The molecule has 0 aliphatic carbocycles. The van der Waals surface area contributed by atoms with Crippen LogP contribution < -0.4 is 5.73 Å². The number of hydrogen-bond acceptors (Lipinski definition) is 1. The van der Waals surface area contributed by atoms with Crippen LogP contribution in [0.1, 0.15) is 24.3 Å². The number of halogens is 2. The molecule has 0 heterocycles. The van der Waals surface area contributed by atoms with Gasteiger partial charge in [-0.25, -0.2) is 8.78 Å². The van der Waals surface area contributed by atoms with E-state index in [1.165, 1.54) is 0 Å². The normalized spacial score (nSPS) is 12.7. The first-order valence-electron chi connectivity index (χ1n) is 4.73. The molecule has 2 nitrogen and oxygen atoms in total. The van der Waals surface area contributed by atoms with E-state index >= 15 is 0 Å². The number of alkyl halides is 2. The maximum atomic E-state index is 12.0. The fraction of sp³-hybridized carbons (Fsp3) is 0.364. The van der Waals surface area contributed by atoms with Crippen LogP contribution in [0.2, 0.25) is 0 Å². The van der Waals surface area contributed by atoms with E-state index in [9.17, 15) is 13.6 Å². The minimum absolute atomic E-state index is 0.0943. The van der Waals surface area contributed by atoms with Crippen molar-refractivity contribution >= 4 is 5.91 Å². The summed E-state index contributed by atoms with van der Waals surface area (Å²) < 4.78 is 24.0. The van der Waals surface area contributed by atoms with Crippen molar-refractivity contribution in [3.8, 4) is 0 Å². The standard InChI is InChI=1S/C11H13F2NO/c12-10(13)7-6-9(11(14)15)8-4-2-1-3-5-8/h1-5,9-10H,6-7H2,(H2,14,15). The molecule has 0 aliphatic heterocycles. The SMILES string of the molecule is NC(=O)C(CCC(F)F)c1ccccc1. The summed E-state index contributed by atoms with van der Waals surface area (Å²) in [7, 11) is 0. The summed E-state index contributed by atoms with van der Waals surface area (Å²) in [6.07, 6.45) is -2.60. The molecule has 82 valence electrons. The Labute approximate surface area is 87.1 Å². The highest BCUT2D eigenvalue weighted by Gasteiger charge is 2.19. The molecule has 0 radical (unpaired) electrons. The summed E-state index contributed by atoms with van der Waals surface area (Å²) in [5, 5.41) is 0. The number of carbonyl (C=O) groups excluding carboxylic acids is 1. The first kappa shape index (κ1) is 11.6. The maximum absolute atomic E-state index is 12.0. The number of hydrogen-bond donors (Lipinski definition) is 1. The van der Waals surface area contributed by atoms with Crippen LogP contribution >= 0.6 is 0 Å². The van der Waals surface area contributed by atoms with E-state index in [1.54, 1.807) is 30.3 Å². The van der Waals surface area contributed by atoms with Gasteiger partial charge in [0.15, 0.2) is 0 Å². The molecule has 0 aromatic heterocycles. The molecule has 1 amide bonds. The maximum Gasteiger partial charge on any atom is 0.238 e. The molecule has 1 aromatic carbocycles. The van der Waals surface area contributed by atoms with Crippen molar-refractivity contribution in [1.29, 1.82) is 0 Å². The molecule has 0 saturated heterocycles. The molecule has 0 aliphatic rings. The third-order valence-corrected chi connectivity index (χ3v) is 2.22. The number of benzene rings is 1. The van der Waals surface area contributed by atoms with E-state index in [0.29, 0.717) is 5.56 Å². The highest BCUT2D eigenvalue weighted by molar-refractivity contribution is 5.81. The zero-order chi connectivity index (χ0) is 11.3. The van der Waals surface area contributed by atoms with E-state index in [4.69, 9.17) is 5.73 Å². The molecule has 1 aromatic rings. The number of amides is 1. The van der Waals surface area contributed by atoms with Crippen LogP contribution in [-0.4, -0.2) is 12.3 Å². The molecule has 0 saturated carbocycles. The van der Waals surface area contributed by atoms with Gasteiger partial charge in [-0.3, -0.25) is 4.79 Å². The summed E-state index contributed by atoms with van der Waals surface area (Å²) in [6, 6.07) is 8.76. The van der Waals surface area contributed by atoms with Gasteiger partial charge in [0.05, 0.1) is 5.92 Å². The molecule has 4 heteroatoms. The van der Waals surface area contributed by atoms with Crippen molar-refractivity contribution in [3.05, 3.63) is 35.9 Å². The van der Waals surface area contributed by atoms with Crippen LogP contribution in [0, 0.1) is 0 Å². The molecule has 1 rings (SSSR count). The van der Waals surface area contributed by atoms with Crippen LogP contribution in [-0.2, 0) is 4.79 Å². The van der Waals surface area contributed by atoms with Gasteiger partial charge in [-0.15, -0.1) is 0 Å². The monoisotopic (exact) mass is 213 g/mol. The third-order valence-electron chi connectivity index (χ3n) is 2.22. The smallest absolute Gasteiger partial charge is 0.238 e. The summed E-state index contributed by atoms with van der Waals surface area (Å²) in [5.41, 5.74) is 5.87. The van der Waals surface area contributed by atoms with E-state index in [0.717, 1.165) is 0 Å². The van der Waals surface area contributed by atoms with E-state index in [-0.39, 0.29) is 12.8 Å². The lowest BCUT2D eigenvalue weighted by atomic mass is 9.94. The molecule has 15 heavy (non-hydrogen) atoms. The minimum Gasteiger partial charge on any atom is -0.369 e. The summed E-state index contributed by atoms with van der Waals surface area (Å²) in [6.45, 7) is 0. The number of rotatable bonds is 5. The first-order chi connectivity index (χ1) is 7.11. The van der Waals surface area contributed by atoms with Crippen molar-refractivity contribution in [2.45, 2.75) is 25.2 Å². The number of primary amides is 1. The van der Waals surface area contributed by atoms with E-state index in [2.05, 4.69) is 0 Å². The zero-order valence-electron chi connectivity index (χ0n) is 8.20. The Kier molecular flexibility index (Phi) is 4.21. The van der Waals surface area contributed by atoms with Crippen molar-refractivity contribution in [2.24, 2.45) is 5.73 Å². The molecular formula is C11H13F2NO. The van der Waals surface area contributed by atoms with Crippen molar-refractivity contribution in [3.63, 3.8) is 0 Å². The van der Waals surface area contributed by atoms with Crippen LogP contribution in [0.4, 0.5) is 8.78 Å². The summed E-state index contributed by atoms with van der Waals surface area (Å²) >= 11 is 0. The van der Waals surface area contributed by atoms with Gasteiger partial charge in [-0.05, 0) is 12.0 Å². The predicted molar refractivity (Wildman–Crippen MR) is 53.6 cm³/mol. The van der Waals surface area contributed by atoms with Gasteiger partial charge in [-0.1, -0.05) is 30.3 Å². The second kappa shape index (κ2) is 5.44. The van der Waals surface area contributed by atoms with Crippen LogP contribution in [0.5, 0.6) is 0 Å². The lowest BCUT2D eigenvalue weighted by molar-refractivity contribution is -0.119. The Hall–Kier alpha value is -1.45. The quantitative estimate of drug-likeness (QED) is 0.801. The van der Waals surface area contributed by atoms with Gasteiger partial charge < -0.3 is 5.73 Å². The second-order valence-corrected chi connectivity index (χ2v) is 3.33. The lowest BCUT2D eigenvalue weighted by Gasteiger charge is -2.12. The topological polar surface area (TPSA) is 43.1 Å². The molecule has 0 fully saturated rings. The van der Waals surface area contributed by atoms with Crippen LogP contribution in [0.15, 0.2) is 30.3 Å². The molecule has 1 atom stereocenters. The highest BCUT2D eigenvalue weighted by atomic mass is 19.3. The lowest BCUT2D eigenvalue weighted by Crippen LogP contribution is -2.22. The van der Waals surface area contributed by atoms with Gasteiger partial charge in [-0.2, -0.15) is 0 Å². The average molecular weight is 213 g/mol. The Balaban J connectivity index is 2.71. The van der Waals surface area contributed by atoms with Gasteiger partial charge >= 0.3 is 0 Å². The zero-order valence-corrected chi connectivity index (χ0v) is 8.20. The van der Waals surface area contributed by atoms with Crippen LogP contribution in [0.25, 0.3) is 0 Å². The van der Waals surface area contributed by atoms with Gasteiger partial charge in [0, 0.05) is 6.42 Å². The Morgan fingerprint density at radius 1 is 1.20 bits per heavy atom. The Morgan fingerprint density at radius 3 is 2.27 bits per heavy atom. The van der Waals surface area contributed by atoms with E-state index in [1.807, 2.05) is 0 Å². The minimum atomic E-state index is -2.39. The Morgan fingerprint density at radius 2 is 1.80 bits per heavy atom. The summed E-state index contributed by atoms with van der Waals surface area (Å²) in [5.74, 6) is -1.16. The molecule has 0 spiro atoms. The van der Waals surface area contributed by atoms with Crippen molar-refractivity contribution in [1.82, 2.24) is 0 Å². The van der Waals surface area contributed by atoms with Crippen molar-refractivity contribution in [2.75, 3.05) is 0 Å². The van der Waals surface area contributed by atoms with Crippen molar-refractivity contribution < 1.29 is 13.6 Å². The molecule has 1 unspecified atom stereocenters. The third kappa shape index (κ3) is 3.65. The van der Waals surface area contributed by atoms with Gasteiger partial charge in [0.25, 0.3) is 0 Å². The molecule has 2 N–H and O–H groups in total. The van der Waals surface area contributed by atoms with Crippen LogP contribution in [0.3, 0.4) is 0 Å². The van der Waals surface area contributed by atoms with Gasteiger partial charge in [0.1, 0.15) is 0 Å². The highest BCUT2D eigenvalue weighted by Crippen LogP contribution is 2.22. The van der Waals surface area contributed by atoms with E-state index < -0.39 is 18.3 Å². The average Bonchev–Trinajstić information content (AvgIpc) is 2.18. The molecular weight excluding hydrogens is 200 g/mol. The van der Waals surface area contributed by atoms with Gasteiger partial charge in [0.2, 0.25) is 12.3 Å². The largest absolute Gasteiger partial charge is 0.369 e. The number of carbonyl (C=O) groups is 1. The fourth-order valence-corrected chi connectivity index (χ4v) is 1.45.